The number of para-hydroxylation sites is 2. The zero-order valence-electron chi connectivity index (χ0n) is 18.8. The molecule has 0 aliphatic rings. The summed E-state index contributed by atoms with van der Waals surface area (Å²) in [5, 5.41) is 5.30. The Morgan fingerprint density at radius 1 is 1.00 bits per heavy atom. The molecular formula is C24H24BrN3O5S. The van der Waals surface area contributed by atoms with Crippen LogP contribution in [0.1, 0.15) is 26.3 Å². The Balaban J connectivity index is 1.69. The fourth-order valence-corrected chi connectivity index (χ4v) is 4.65. The summed E-state index contributed by atoms with van der Waals surface area (Å²) >= 11 is 3.27. The Hall–Kier alpha value is -3.37. The maximum atomic E-state index is 12.8. The molecule has 34 heavy (non-hydrogen) atoms. The average Bonchev–Trinajstić information content (AvgIpc) is 3.22. The molecule has 1 heterocycles. The highest BCUT2D eigenvalue weighted by Crippen LogP contribution is 2.23. The monoisotopic (exact) mass is 545 g/mol. The van der Waals surface area contributed by atoms with Crippen LogP contribution in [0.25, 0.3) is 6.08 Å². The van der Waals surface area contributed by atoms with E-state index in [2.05, 4.69) is 26.6 Å². The number of halogens is 1. The number of amides is 2. The van der Waals surface area contributed by atoms with Crippen LogP contribution in [0.4, 0.5) is 16.2 Å². The van der Waals surface area contributed by atoms with Gasteiger partial charge in [0, 0.05) is 22.9 Å². The van der Waals surface area contributed by atoms with Crippen molar-refractivity contribution in [3.63, 3.8) is 0 Å². The fraction of sp³-hybridized carbons (Fsp3) is 0.167. The summed E-state index contributed by atoms with van der Waals surface area (Å²) in [6.45, 7) is 5.26. The lowest BCUT2D eigenvalue weighted by Gasteiger charge is -2.20. The van der Waals surface area contributed by atoms with E-state index < -0.39 is 27.6 Å². The molecule has 1 aromatic heterocycles. The number of nitrogens with zero attached hydrogens (tertiary/aromatic N) is 1. The highest BCUT2D eigenvalue weighted by atomic mass is 79.9. The second-order valence-corrected chi connectivity index (χ2v) is 11.0. The number of anilines is 2. The second-order valence-electron chi connectivity index (χ2n) is 8.23. The Bertz CT molecular complexity index is 1340. The average molecular weight is 546 g/mol. The van der Waals surface area contributed by atoms with Gasteiger partial charge in [-0.1, -0.05) is 34.1 Å². The molecule has 3 rings (SSSR count). The first-order chi connectivity index (χ1) is 15.9. The number of ether oxygens (including phenoxy) is 1. The molecular weight excluding hydrogens is 522 g/mol. The third-order valence-electron chi connectivity index (χ3n) is 4.31. The van der Waals surface area contributed by atoms with E-state index in [1.165, 1.54) is 36.7 Å². The number of benzene rings is 2. The molecule has 0 bridgehead atoms. The Kier molecular flexibility index (Phi) is 7.63. The Morgan fingerprint density at radius 3 is 2.32 bits per heavy atom. The number of nitrogens with one attached hydrogen (secondary N) is 2. The third-order valence-corrected chi connectivity index (χ3v) is 6.43. The summed E-state index contributed by atoms with van der Waals surface area (Å²) in [5.74, 6) is -0.457. The molecule has 178 valence electrons. The van der Waals surface area contributed by atoms with Gasteiger partial charge < -0.3 is 10.1 Å². The van der Waals surface area contributed by atoms with Crippen LogP contribution in [-0.4, -0.2) is 30.0 Å². The third kappa shape index (κ3) is 6.82. The minimum Gasteiger partial charge on any atom is -0.444 e. The fourth-order valence-electron chi connectivity index (χ4n) is 2.85. The molecule has 0 saturated carbocycles. The van der Waals surface area contributed by atoms with Crippen LogP contribution in [0, 0.1) is 0 Å². The number of hydrogen-bond acceptors (Lipinski definition) is 5. The number of rotatable bonds is 6. The van der Waals surface area contributed by atoms with Crippen molar-refractivity contribution in [1.82, 2.24) is 3.97 Å². The topological polar surface area (TPSA) is 106 Å². The smallest absolute Gasteiger partial charge is 0.412 e. The van der Waals surface area contributed by atoms with Crippen LogP contribution >= 0.6 is 15.9 Å². The van der Waals surface area contributed by atoms with E-state index in [0.717, 1.165) is 3.97 Å². The summed E-state index contributed by atoms with van der Waals surface area (Å²) in [5.41, 5.74) is 0.628. The summed E-state index contributed by atoms with van der Waals surface area (Å²) in [4.78, 5) is 24.6. The minimum atomic E-state index is -3.76. The lowest BCUT2D eigenvalue weighted by molar-refractivity contribution is -0.111. The van der Waals surface area contributed by atoms with Gasteiger partial charge in [0.05, 0.1) is 16.3 Å². The van der Waals surface area contributed by atoms with Gasteiger partial charge in [0.15, 0.2) is 0 Å². The van der Waals surface area contributed by atoms with E-state index in [9.17, 15) is 18.0 Å². The predicted molar refractivity (Wildman–Crippen MR) is 135 cm³/mol. The zero-order valence-corrected chi connectivity index (χ0v) is 21.2. The molecule has 8 nitrogen and oxygen atoms in total. The van der Waals surface area contributed by atoms with Crippen LogP contribution in [0.3, 0.4) is 0 Å². The molecule has 10 heteroatoms. The standard InChI is InChI=1S/C24H24BrN3O5S/c1-24(2,3)33-23(30)27-21-10-5-4-9-20(21)26-22(29)12-11-17-13-14-28(16-17)34(31,32)19-8-6-7-18(25)15-19/h4-16H,1-3H3,(H,26,29)(H,27,30)/b12-11+. The van der Waals surface area contributed by atoms with E-state index in [1.807, 2.05) is 0 Å². The lowest BCUT2D eigenvalue weighted by Crippen LogP contribution is -2.27. The molecule has 0 fully saturated rings. The molecule has 0 aliphatic carbocycles. The number of hydrogen-bond donors (Lipinski definition) is 2. The normalized spacial score (nSPS) is 11.9. The highest BCUT2D eigenvalue weighted by Gasteiger charge is 2.18. The number of aromatic nitrogens is 1. The quantitative estimate of drug-likeness (QED) is 0.398. The maximum absolute atomic E-state index is 12.8. The van der Waals surface area contributed by atoms with Crippen molar-refractivity contribution in [2.45, 2.75) is 31.3 Å². The molecule has 0 spiro atoms. The summed E-state index contributed by atoms with van der Waals surface area (Å²) in [6, 6.07) is 14.7. The predicted octanol–water partition coefficient (Wildman–Crippen LogP) is 5.49. The van der Waals surface area contributed by atoms with Crippen molar-refractivity contribution in [2.75, 3.05) is 10.6 Å². The van der Waals surface area contributed by atoms with E-state index >= 15 is 0 Å². The molecule has 0 unspecified atom stereocenters. The van der Waals surface area contributed by atoms with E-state index in [4.69, 9.17) is 4.74 Å². The number of carbonyl (C=O) groups is 2. The minimum absolute atomic E-state index is 0.139. The van der Waals surface area contributed by atoms with Crippen molar-refractivity contribution in [1.29, 1.82) is 0 Å². The van der Waals surface area contributed by atoms with Gasteiger partial charge >= 0.3 is 6.09 Å². The van der Waals surface area contributed by atoms with Crippen LogP contribution in [0.5, 0.6) is 0 Å². The van der Waals surface area contributed by atoms with E-state index in [1.54, 1.807) is 63.2 Å². The van der Waals surface area contributed by atoms with Gasteiger partial charge in [-0.25, -0.2) is 17.2 Å². The lowest BCUT2D eigenvalue weighted by atomic mass is 10.2. The molecule has 0 radical (unpaired) electrons. The molecule has 0 saturated heterocycles. The van der Waals surface area contributed by atoms with Gasteiger partial charge in [0.1, 0.15) is 5.60 Å². The summed E-state index contributed by atoms with van der Waals surface area (Å²) in [6.07, 6.45) is 4.95. The molecule has 2 aromatic carbocycles. The Morgan fingerprint density at radius 2 is 1.68 bits per heavy atom. The van der Waals surface area contributed by atoms with Gasteiger partial charge in [0.25, 0.3) is 10.0 Å². The van der Waals surface area contributed by atoms with Crippen molar-refractivity contribution in [3.05, 3.63) is 83.1 Å². The van der Waals surface area contributed by atoms with Crippen LogP contribution in [0.15, 0.2) is 82.4 Å². The number of carbonyl (C=O) groups excluding carboxylic acids is 2. The van der Waals surface area contributed by atoms with Crippen LogP contribution in [-0.2, 0) is 19.6 Å². The van der Waals surface area contributed by atoms with E-state index in [0.29, 0.717) is 21.4 Å². The van der Waals surface area contributed by atoms with Gasteiger partial charge in [-0.2, -0.15) is 0 Å². The van der Waals surface area contributed by atoms with Crippen LogP contribution in [0.2, 0.25) is 0 Å². The summed E-state index contributed by atoms with van der Waals surface area (Å²) in [7, 11) is -3.76. The molecule has 2 amide bonds. The van der Waals surface area contributed by atoms with Gasteiger partial charge in [-0.15, -0.1) is 0 Å². The first-order valence-corrected chi connectivity index (χ1v) is 12.4. The van der Waals surface area contributed by atoms with Crippen molar-refractivity contribution in [3.8, 4) is 0 Å². The van der Waals surface area contributed by atoms with Crippen molar-refractivity contribution >= 4 is 55.4 Å². The molecule has 3 aromatic rings. The van der Waals surface area contributed by atoms with Crippen LogP contribution < -0.4 is 10.6 Å². The summed E-state index contributed by atoms with van der Waals surface area (Å²) < 4.78 is 32.6. The van der Waals surface area contributed by atoms with Crippen molar-refractivity contribution in [2.24, 2.45) is 0 Å². The Labute approximate surface area is 206 Å². The highest BCUT2D eigenvalue weighted by molar-refractivity contribution is 9.10. The second kappa shape index (κ2) is 10.3. The molecule has 0 aliphatic heterocycles. The van der Waals surface area contributed by atoms with Gasteiger partial charge in [-0.05, 0) is 68.8 Å². The van der Waals surface area contributed by atoms with Crippen molar-refractivity contribution < 1.29 is 22.7 Å². The molecule has 0 atom stereocenters. The largest absolute Gasteiger partial charge is 0.444 e. The molecule has 2 N–H and O–H groups in total. The maximum Gasteiger partial charge on any atom is 0.412 e. The zero-order chi connectivity index (χ0) is 24.9. The SMILES string of the molecule is CC(C)(C)OC(=O)Nc1ccccc1NC(=O)/C=C/c1ccn(S(=O)(=O)c2cccc(Br)c2)c1. The van der Waals surface area contributed by atoms with Gasteiger partial charge in [-0.3, -0.25) is 10.1 Å². The first kappa shape index (κ1) is 25.3. The first-order valence-electron chi connectivity index (χ1n) is 10.2. The van der Waals surface area contributed by atoms with E-state index in [-0.39, 0.29) is 4.90 Å². The van der Waals surface area contributed by atoms with Gasteiger partial charge in [0.2, 0.25) is 5.91 Å².